The molecule has 2 heterocycles. The van der Waals surface area contributed by atoms with Gasteiger partial charge in [0.25, 0.3) is 0 Å². The highest BCUT2D eigenvalue weighted by atomic mass is 16.6. The normalized spacial score (nSPS) is 26.7. The second-order valence-electron chi connectivity index (χ2n) is 6.18. The van der Waals surface area contributed by atoms with Gasteiger partial charge in [-0.25, -0.2) is 4.79 Å². The molecule has 0 aromatic heterocycles. The molecule has 0 bridgehead atoms. The van der Waals surface area contributed by atoms with Crippen molar-refractivity contribution in [2.45, 2.75) is 52.2 Å². The number of rotatable bonds is 2. The summed E-state index contributed by atoms with van der Waals surface area (Å²) in [6.45, 7) is 11.1. The Hall–Kier alpha value is -1.58. The van der Waals surface area contributed by atoms with Gasteiger partial charge in [0, 0.05) is 6.04 Å². The zero-order valence-electron chi connectivity index (χ0n) is 12.0. The van der Waals surface area contributed by atoms with Gasteiger partial charge in [-0.1, -0.05) is 19.6 Å². The van der Waals surface area contributed by atoms with Crippen molar-refractivity contribution in [2.24, 2.45) is 5.92 Å². The van der Waals surface area contributed by atoms with Crippen molar-refractivity contribution in [2.75, 3.05) is 0 Å². The van der Waals surface area contributed by atoms with Gasteiger partial charge < -0.3 is 9.64 Å². The van der Waals surface area contributed by atoms with Crippen LogP contribution in [0.5, 0.6) is 0 Å². The lowest BCUT2D eigenvalue weighted by Gasteiger charge is -2.49. The molecule has 2 aliphatic rings. The van der Waals surface area contributed by atoms with Gasteiger partial charge in [0.15, 0.2) is 0 Å². The Bertz CT molecular complexity index is 470. The highest BCUT2D eigenvalue weighted by Crippen LogP contribution is 2.40. The first-order chi connectivity index (χ1) is 8.76. The smallest absolute Gasteiger partial charge is 0.355 e. The van der Waals surface area contributed by atoms with E-state index in [1.54, 1.807) is 11.0 Å². The number of allylic oxidation sites excluding steroid dienone is 2. The summed E-state index contributed by atoms with van der Waals surface area (Å²) in [5.41, 5.74) is 0.637. The lowest BCUT2D eigenvalue weighted by Crippen LogP contribution is -2.61. The molecule has 1 saturated heterocycles. The Morgan fingerprint density at radius 2 is 2.11 bits per heavy atom. The third kappa shape index (κ3) is 2.31. The number of amides is 1. The van der Waals surface area contributed by atoms with Crippen LogP contribution >= 0.6 is 0 Å². The highest BCUT2D eigenvalue weighted by Gasteiger charge is 2.50. The minimum Gasteiger partial charge on any atom is -0.455 e. The van der Waals surface area contributed by atoms with Crippen LogP contribution in [0.1, 0.15) is 40.5 Å². The van der Waals surface area contributed by atoms with Crippen LogP contribution in [0.3, 0.4) is 0 Å². The minimum absolute atomic E-state index is 0.00352. The second-order valence-corrected chi connectivity index (χ2v) is 6.18. The van der Waals surface area contributed by atoms with Crippen LogP contribution < -0.4 is 0 Å². The maximum absolute atomic E-state index is 12.3. The highest BCUT2D eigenvalue weighted by molar-refractivity contribution is 5.99. The Balaban J connectivity index is 2.33. The van der Waals surface area contributed by atoms with Crippen LogP contribution in [0, 0.1) is 5.92 Å². The van der Waals surface area contributed by atoms with Gasteiger partial charge in [-0.15, -0.1) is 0 Å². The van der Waals surface area contributed by atoms with E-state index in [1.165, 1.54) is 0 Å². The largest absolute Gasteiger partial charge is 0.455 e. The summed E-state index contributed by atoms with van der Waals surface area (Å²) in [7, 11) is 0. The minimum atomic E-state index is -0.567. The number of fused-ring (bicyclic) bond motifs is 1. The monoisotopic (exact) mass is 263 g/mol. The van der Waals surface area contributed by atoms with E-state index in [9.17, 15) is 9.59 Å². The van der Waals surface area contributed by atoms with Gasteiger partial charge >= 0.3 is 5.97 Å². The van der Waals surface area contributed by atoms with Gasteiger partial charge in [-0.05, 0) is 39.2 Å². The summed E-state index contributed by atoms with van der Waals surface area (Å²) in [4.78, 5) is 25.9. The summed E-state index contributed by atoms with van der Waals surface area (Å²) in [5.74, 6) is -0.416. The number of esters is 1. The SMILES string of the molecule is C=CC1=C(C(=O)OC(C)(C)C)N2C(=O)[C@@H](C)C2CC1. The molecule has 1 amide bonds. The van der Waals surface area contributed by atoms with Crippen LogP contribution in [-0.4, -0.2) is 28.4 Å². The number of β-lactam (4-membered cyclic amide) rings is 1. The molecule has 0 aromatic rings. The van der Waals surface area contributed by atoms with Crippen LogP contribution in [0.4, 0.5) is 0 Å². The van der Waals surface area contributed by atoms with Gasteiger partial charge in [0.05, 0.1) is 5.92 Å². The maximum Gasteiger partial charge on any atom is 0.355 e. The van der Waals surface area contributed by atoms with Gasteiger partial charge in [0.1, 0.15) is 11.3 Å². The fraction of sp³-hybridized carbons (Fsp3) is 0.600. The van der Waals surface area contributed by atoms with Gasteiger partial charge in [-0.2, -0.15) is 0 Å². The molecule has 1 unspecified atom stereocenters. The van der Waals surface area contributed by atoms with Crippen molar-refractivity contribution in [3.8, 4) is 0 Å². The fourth-order valence-corrected chi connectivity index (χ4v) is 2.68. The molecule has 2 atom stereocenters. The molecule has 104 valence electrons. The Kier molecular flexibility index (Phi) is 3.29. The molecule has 0 aliphatic carbocycles. The van der Waals surface area contributed by atoms with E-state index in [0.29, 0.717) is 5.70 Å². The van der Waals surface area contributed by atoms with Crippen molar-refractivity contribution in [3.05, 3.63) is 23.9 Å². The summed E-state index contributed by atoms with van der Waals surface area (Å²) >= 11 is 0. The lowest BCUT2D eigenvalue weighted by atomic mass is 9.80. The van der Waals surface area contributed by atoms with Gasteiger partial charge in [0.2, 0.25) is 5.91 Å². The molecule has 4 nitrogen and oxygen atoms in total. The Labute approximate surface area is 114 Å². The predicted molar refractivity (Wildman–Crippen MR) is 72.1 cm³/mol. The summed E-state index contributed by atoms with van der Waals surface area (Å²) in [6.07, 6.45) is 3.32. The van der Waals surface area contributed by atoms with E-state index in [4.69, 9.17) is 4.74 Å². The number of ether oxygens (including phenoxy) is 1. The van der Waals surface area contributed by atoms with Crippen LogP contribution in [0.2, 0.25) is 0 Å². The first-order valence-electron chi connectivity index (χ1n) is 6.68. The topological polar surface area (TPSA) is 46.6 Å². The van der Waals surface area contributed by atoms with Crippen LogP contribution in [-0.2, 0) is 14.3 Å². The lowest BCUT2D eigenvalue weighted by molar-refractivity contribution is -0.164. The molecule has 4 heteroatoms. The zero-order chi connectivity index (χ0) is 14.4. The molecule has 0 N–H and O–H groups in total. The van der Waals surface area contributed by atoms with E-state index in [0.717, 1.165) is 18.4 Å². The maximum atomic E-state index is 12.3. The van der Waals surface area contributed by atoms with Crippen molar-refractivity contribution >= 4 is 11.9 Å². The number of hydrogen-bond acceptors (Lipinski definition) is 3. The number of carbonyl (C=O) groups is 2. The molecule has 0 aromatic carbocycles. The van der Waals surface area contributed by atoms with E-state index in [-0.39, 0.29) is 17.9 Å². The molecule has 1 fully saturated rings. The number of hydrogen-bond donors (Lipinski definition) is 0. The van der Waals surface area contributed by atoms with E-state index < -0.39 is 11.6 Å². The van der Waals surface area contributed by atoms with E-state index in [1.807, 2.05) is 27.7 Å². The number of carbonyl (C=O) groups excluding carboxylic acids is 2. The average molecular weight is 263 g/mol. The van der Waals surface area contributed by atoms with Crippen LogP contribution in [0.15, 0.2) is 23.9 Å². The number of nitrogens with zero attached hydrogens (tertiary/aromatic N) is 1. The molecule has 0 radical (unpaired) electrons. The first kappa shape index (κ1) is 13.8. The molecule has 2 aliphatic heterocycles. The average Bonchev–Trinajstić information content (AvgIpc) is 2.33. The summed E-state index contributed by atoms with van der Waals surface area (Å²) in [5, 5.41) is 0. The third-order valence-corrected chi connectivity index (χ3v) is 3.63. The molecular formula is C15H21NO3. The molecule has 2 rings (SSSR count). The fourth-order valence-electron chi connectivity index (χ4n) is 2.68. The molecule has 19 heavy (non-hydrogen) atoms. The molecule has 0 saturated carbocycles. The van der Waals surface area contributed by atoms with Crippen molar-refractivity contribution in [1.29, 1.82) is 0 Å². The predicted octanol–water partition coefficient (Wildman–Crippen LogP) is 2.41. The van der Waals surface area contributed by atoms with E-state index in [2.05, 4.69) is 6.58 Å². The summed E-state index contributed by atoms with van der Waals surface area (Å²) < 4.78 is 5.41. The van der Waals surface area contributed by atoms with Crippen molar-refractivity contribution in [3.63, 3.8) is 0 Å². The van der Waals surface area contributed by atoms with Crippen molar-refractivity contribution < 1.29 is 14.3 Å². The molecular weight excluding hydrogens is 242 g/mol. The second kappa shape index (κ2) is 4.51. The zero-order valence-corrected chi connectivity index (χ0v) is 12.0. The third-order valence-electron chi connectivity index (χ3n) is 3.63. The summed E-state index contributed by atoms with van der Waals surface area (Å²) in [6, 6.07) is 0.138. The van der Waals surface area contributed by atoms with Gasteiger partial charge in [-0.3, -0.25) is 4.79 Å². The van der Waals surface area contributed by atoms with Crippen LogP contribution in [0.25, 0.3) is 0 Å². The quantitative estimate of drug-likeness (QED) is 0.568. The Morgan fingerprint density at radius 1 is 1.47 bits per heavy atom. The Morgan fingerprint density at radius 3 is 2.63 bits per heavy atom. The molecule has 0 spiro atoms. The first-order valence-corrected chi connectivity index (χ1v) is 6.68. The standard InChI is InChI=1S/C15H21NO3/c1-6-10-7-8-11-9(2)13(17)16(11)12(10)14(18)19-15(3,4)5/h6,9,11H,1,7-8H2,2-5H3/t9-,11?/m0/s1. The van der Waals surface area contributed by atoms with E-state index >= 15 is 0 Å². The van der Waals surface area contributed by atoms with Crippen molar-refractivity contribution in [1.82, 2.24) is 4.90 Å².